The molecule has 1 N–H and O–H groups in total. The van der Waals surface area contributed by atoms with Gasteiger partial charge in [0.05, 0.1) is 18.5 Å². The molecule has 2 aromatic heterocycles. The minimum atomic E-state index is -0.352. The van der Waals surface area contributed by atoms with E-state index in [1.54, 1.807) is 21.8 Å². The second-order valence-corrected chi connectivity index (χ2v) is 10.4. The molecule has 0 unspecified atom stereocenters. The fourth-order valence-corrected chi connectivity index (χ4v) is 4.69. The van der Waals surface area contributed by atoms with E-state index < -0.39 is 0 Å². The number of aryl methyl sites for hydroxylation is 1. The molecular weight excluding hydrogens is 604 g/mol. The van der Waals surface area contributed by atoms with E-state index in [1.807, 2.05) is 25.3 Å². The van der Waals surface area contributed by atoms with Gasteiger partial charge in [-0.2, -0.15) is 0 Å². The molecular formula is C22H22FN6O2Tl. The molecule has 1 amide bonds. The largest absolute Gasteiger partial charge is 0.491 e. The van der Waals surface area contributed by atoms with E-state index in [0.717, 1.165) is 35.6 Å². The fraction of sp³-hybridized carbons (Fsp3) is 0.318. The number of amides is 1. The molecule has 0 aliphatic carbocycles. The Morgan fingerprint density at radius 3 is 2.94 bits per heavy atom. The summed E-state index contributed by atoms with van der Waals surface area (Å²) in [4.78, 5) is 17.7. The van der Waals surface area contributed by atoms with E-state index in [9.17, 15) is 9.18 Å². The van der Waals surface area contributed by atoms with Crippen LogP contribution < -0.4 is 15.1 Å². The van der Waals surface area contributed by atoms with Gasteiger partial charge in [-0.1, -0.05) is 6.92 Å². The van der Waals surface area contributed by atoms with Gasteiger partial charge < -0.3 is 4.74 Å². The summed E-state index contributed by atoms with van der Waals surface area (Å²) in [6, 6.07) is 6.97. The first-order valence-corrected chi connectivity index (χ1v) is 12.6. The molecule has 162 valence electrons. The van der Waals surface area contributed by atoms with Gasteiger partial charge in [-0.25, -0.2) is 4.98 Å². The van der Waals surface area contributed by atoms with Gasteiger partial charge in [-0.05, 0) is 12.5 Å². The molecule has 0 radical (unpaired) electrons. The first kappa shape index (κ1) is 21.2. The molecule has 2 aliphatic heterocycles. The van der Waals surface area contributed by atoms with Crippen molar-refractivity contribution in [1.29, 1.82) is 0 Å². The van der Waals surface area contributed by atoms with E-state index in [4.69, 9.17) is 4.74 Å². The molecule has 32 heavy (non-hydrogen) atoms. The van der Waals surface area contributed by atoms with Gasteiger partial charge in [-0.3, -0.25) is 4.40 Å². The number of imidazole rings is 1. The van der Waals surface area contributed by atoms with Crippen LogP contribution in [0.25, 0.3) is 5.65 Å². The van der Waals surface area contributed by atoms with Crippen molar-refractivity contribution in [1.82, 2.24) is 17.4 Å². The zero-order chi connectivity index (χ0) is 22.2. The van der Waals surface area contributed by atoms with Crippen molar-refractivity contribution in [2.75, 3.05) is 24.7 Å². The summed E-state index contributed by atoms with van der Waals surface area (Å²) in [5.74, 6) is 0.194. The van der Waals surface area contributed by atoms with E-state index in [2.05, 4.69) is 18.1 Å². The summed E-state index contributed by atoms with van der Waals surface area (Å²) >= 11 is 0.691. The van der Waals surface area contributed by atoms with Gasteiger partial charge in [0.1, 0.15) is 11.4 Å². The number of nitrogens with zero attached hydrogens (tertiary/aromatic N) is 5. The molecule has 4 heterocycles. The van der Waals surface area contributed by atoms with E-state index in [-0.39, 0.29) is 18.3 Å². The van der Waals surface area contributed by atoms with Crippen LogP contribution in [0.4, 0.5) is 10.1 Å². The minimum absolute atomic E-state index is 0.215. The van der Waals surface area contributed by atoms with Crippen LogP contribution >= 0.6 is 0 Å². The average Bonchev–Trinajstić information content (AvgIpc) is 3.40. The summed E-state index contributed by atoms with van der Waals surface area (Å²) in [7, 11) is 0. The number of aromatic nitrogens is 2. The van der Waals surface area contributed by atoms with Crippen molar-refractivity contribution < 1.29 is 13.9 Å². The maximum atomic E-state index is 14.7. The summed E-state index contributed by atoms with van der Waals surface area (Å²) in [6.45, 7) is 4.33. The van der Waals surface area contributed by atoms with Crippen LogP contribution in [0.3, 0.4) is 0 Å². The summed E-state index contributed by atoms with van der Waals surface area (Å²) in [6.07, 6.45) is 5.08. The number of ether oxygens (including phenoxy) is 1. The summed E-state index contributed by atoms with van der Waals surface area (Å²) < 4.78 is 24.3. The molecule has 0 spiro atoms. The Hall–Kier alpha value is -2.70. The van der Waals surface area contributed by atoms with Gasteiger partial charge >= 0.3 is 126 Å². The molecule has 0 saturated carbocycles. The monoisotopic (exact) mass is 626 g/mol. The van der Waals surface area contributed by atoms with Crippen LogP contribution in [0, 0.1) is 5.82 Å². The topological polar surface area (TPSA) is 74.5 Å². The third-order valence-electron chi connectivity index (χ3n) is 5.71. The van der Waals surface area contributed by atoms with Crippen LogP contribution in [0.15, 0.2) is 35.6 Å². The quantitative estimate of drug-likeness (QED) is 0.440. The third kappa shape index (κ3) is 3.93. The molecule has 0 fully saturated rings. The Labute approximate surface area is 201 Å². The number of carbonyl (C=O) groups excluding carboxylic acids is 1. The van der Waals surface area contributed by atoms with E-state index in [1.165, 1.54) is 6.07 Å². The predicted molar refractivity (Wildman–Crippen MR) is 120 cm³/mol. The van der Waals surface area contributed by atoms with Crippen LogP contribution in [-0.4, -0.2) is 70.1 Å². The Balaban J connectivity index is 1.34. The number of nitrogens with one attached hydrogen (secondary N) is 1. The number of hydrogen-bond acceptors (Lipinski definition) is 6. The molecule has 0 bridgehead atoms. The standard InChI is InChI=1S/C22H23FN6O2.Tl/c1-2-17-21(28-12-19-15(5-8-31-19)10-20(28)27-17)22(30)25-11-14-3-4-18(16(23)9-14)29-7-6-24-13-26-29;/h3-4,9-10,12-13H,2,5-8,11H2,1H3,(H2,24,25,26,30);/q;+1/p-1. The molecule has 5 rings (SSSR count). The van der Waals surface area contributed by atoms with Crippen molar-refractivity contribution in [2.45, 2.75) is 26.3 Å². The number of benzene rings is 1. The van der Waals surface area contributed by atoms with Crippen molar-refractivity contribution in [3.63, 3.8) is 0 Å². The average molecular weight is 626 g/mol. The molecule has 2 aliphatic rings. The smallest absolute Gasteiger partial charge is 0.0925 e. The zero-order valence-corrected chi connectivity index (χ0v) is 22.2. The minimum Gasteiger partial charge on any atom is -0.491 e. The van der Waals surface area contributed by atoms with Gasteiger partial charge in [0, 0.05) is 12.0 Å². The van der Waals surface area contributed by atoms with Crippen molar-refractivity contribution in [3.05, 3.63) is 58.8 Å². The second-order valence-electron chi connectivity index (χ2n) is 7.81. The number of hydrogen-bond donors (Lipinski definition) is 1. The maximum Gasteiger partial charge on any atom is 0.0925 e. The Bertz CT molecular complexity index is 1230. The Kier molecular flexibility index (Phi) is 5.74. The van der Waals surface area contributed by atoms with Gasteiger partial charge in [0.2, 0.25) is 0 Å². The number of pyridine rings is 1. The fourth-order valence-electron chi connectivity index (χ4n) is 4.01. The summed E-state index contributed by atoms with van der Waals surface area (Å²) in [5, 5.41) is 8.88. The van der Waals surface area contributed by atoms with Gasteiger partial charge in [0.25, 0.3) is 0 Å². The number of anilines is 1. The van der Waals surface area contributed by atoms with Gasteiger partial charge in [0.15, 0.2) is 0 Å². The van der Waals surface area contributed by atoms with E-state index in [0.29, 0.717) is 62.6 Å². The normalized spacial score (nSPS) is 15.2. The Morgan fingerprint density at radius 1 is 1.31 bits per heavy atom. The molecule has 10 heteroatoms. The SMILES string of the molecule is CCc1nc2cc3c(cn2c1C(=O)NCc1ccc(N2CC[N]([Tl])C=N2)c(F)c1)OCC3. The second kappa shape index (κ2) is 8.68. The van der Waals surface area contributed by atoms with Gasteiger partial charge in [-0.15, -0.1) is 0 Å². The number of rotatable bonds is 5. The van der Waals surface area contributed by atoms with Crippen molar-refractivity contribution in [3.8, 4) is 5.75 Å². The number of fused-ring (bicyclic) bond motifs is 2. The first-order valence-electron chi connectivity index (χ1n) is 10.6. The molecule has 1 aromatic carbocycles. The molecule has 0 atom stereocenters. The maximum absolute atomic E-state index is 14.7. The predicted octanol–water partition coefficient (Wildman–Crippen LogP) is 2.05. The van der Waals surface area contributed by atoms with Crippen LogP contribution in [0.2, 0.25) is 0 Å². The van der Waals surface area contributed by atoms with Crippen molar-refractivity contribution in [2.24, 2.45) is 5.10 Å². The Morgan fingerprint density at radius 2 is 2.19 bits per heavy atom. The van der Waals surface area contributed by atoms with Crippen LogP contribution in [0.1, 0.15) is 34.2 Å². The van der Waals surface area contributed by atoms with Crippen LogP contribution in [-0.2, 0) is 19.4 Å². The number of hydrazone groups is 1. The number of carbonyl (C=O) groups is 1. The molecule has 0 saturated heterocycles. The van der Waals surface area contributed by atoms with Crippen LogP contribution in [0.5, 0.6) is 5.75 Å². The molecule has 3 aromatic rings. The zero-order valence-electron chi connectivity index (χ0n) is 17.7. The number of halogens is 1. The molecule has 8 nitrogen and oxygen atoms in total. The first-order chi connectivity index (χ1) is 15.5. The van der Waals surface area contributed by atoms with Crippen molar-refractivity contribution >= 4 is 49.6 Å². The summed E-state index contributed by atoms with van der Waals surface area (Å²) in [5.41, 5.74) is 4.20. The van der Waals surface area contributed by atoms with E-state index >= 15 is 0 Å². The third-order valence-corrected chi connectivity index (χ3v) is 7.23.